The van der Waals surface area contributed by atoms with Crippen LogP contribution in [-0.4, -0.2) is 11.2 Å². The summed E-state index contributed by atoms with van der Waals surface area (Å²) in [5, 5.41) is 13.2. The van der Waals surface area contributed by atoms with Crippen LogP contribution in [0.4, 0.5) is 11.4 Å². The minimum atomic E-state index is 0.832. The highest BCUT2D eigenvalue weighted by Gasteiger charge is 2.09. The molecule has 3 nitrogen and oxygen atoms in total. The normalized spacial score (nSPS) is 11.2. The molecule has 4 aromatic rings. The van der Waals surface area contributed by atoms with Gasteiger partial charge in [-0.1, -0.05) is 36.4 Å². The summed E-state index contributed by atoms with van der Waals surface area (Å²) in [6.45, 7) is 0. The van der Waals surface area contributed by atoms with Gasteiger partial charge in [-0.15, -0.1) is 0 Å². The Morgan fingerprint density at radius 1 is 0.875 bits per heavy atom. The third-order valence-electron chi connectivity index (χ3n) is 3.72. The van der Waals surface area contributed by atoms with E-state index in [9.17, 15) is 0 Å². The molecule has 0 bridgehead atoms. The van der Waals surface area contributed by atoms with Crippen molar-refractivity contribution in [2.75, 3.05) is 5.01 Å². The Bertz CT molecular complexity index is 963. The number of aromatic nitrogens is 1. The van der Waals surface area contributed by atoms with Crippen molar-refractivity contribution in [1.29, 1.82) is 0 Å². The average molecular weight is 329 g/mol. The van der Waals surface area contributed by atoms with Gasteiger partial charge in [0.15, 0.2) is 0 Å². The predicted molar refractivity (Wildman–Crippen MR) is 102 cm³/mol. The number of hydrogen-bond donors (Lipinski definition) is 0. The topological polar surface area (TPSA) is 28.5 Å². The Labute approximate surface area is 144 Å². The molecule has 0 fully saturated rings. The first-order chi connectivity index (χ1) is 11.9. The Morgan fingerprint density at radius 2 is 1.75 bits per heavy atom. The molecule has 2 aromatic carbocycles. The van der Waals surface area contributed by atoms with E-state index < -0.39 is 0 Å². The van der Waals surface area contributed by atoms with Gasteiger partial charge in [-0.3, -0.25) is 4.98 Å². The summed E-state index contributed by atoms with van der Waals surface area (Å²) in [5.41, 5.74) is 2.90. The fourth-order valence-electron chi connectivity index (χ4n) is 2.54. The summed E-state index contributed by atoms with van der Waals surface area (Å²) in [6, 6.07) is 22.6. The zero-order valence-corrected chi connectivity index (χ0v) is 13.7. The maximum absolute atomic E-state index is 4.67. The number of benzene rings is 2. The molecule has 2 heterocycles. The van der Waals surface area contributed by atoms with E-state index in [2.05, 4.69) is 69.4 Å². The third-order valence-corrected chi connectivity index (χ3v) is 4.39. The van der Waals surface area contributed by atoms with Crippen molar-refractivity contribution in [1.82, 2.24) is 4.98 Å². The minimum Gasteiger partial charge on any atom is -0.255 e. The first-order valence-corrected chi connectivity index (χ1v) is 8.60. The van der Waals surface area contributed by atoms with Crippen molar-refractivity contribution in [3.63, 3.8) is 0 Å². The summed E-state index contributed by atoms with van der Waals surface area (Å²) >= 11 is 1.66. The van der Waals surface area contributed by atoms with Crippen LogP contribution in [0.25, 0.3) is 10.8 Å². The van der Waals surface area contributed by atoms with Crippen LogP contribution < -0.4 is 5.01 Å². The molecule has 4 rings (SSSR count). The average Bonchev–Trinajstić information content (AvgIpc) is 3.17. The molecule has 0 spiro atoms. The molecule has 116 valence electrons. The monoisotopic (exact) mass is 329 g/mol. The molecular weight excluding hydrogens is 314 g/mol. The van der Waals surface area contributed by atoms with Gasteiger partial charge in [0, 0.05) is 11.6 Å². The summed E-state index contributed by atoms with van der Waals surface area (Å²) in [6.07, 6.45) is 3.55. The smallest absolute Gasteiger partial charge is 0.0830 e. The van der Waals surface area contributed by atoms with E-state index in [-0.39, 0.29) is 0 Å². The maximum atomic E-state index is 4.67. The molecule has 0 aliphatic rings. The van der Waals surface area contributed by atoms with Crippen molar-refractivity contribution in [3.05, 3.63) is 89.4 Å². The molecule has 24 heavy (non-hydrogen) atoms. The SMILES string of the molecule is C(=N\N(c1ccsc1)c1ccc2ccccc2c1)/c1ccccn1. The van der Waals surface area contributed by atoms with E-state index in [0.29, 0.717) is 0 Å². The summed E-state index contributed by atoms with van der Waals surface area (Å²) in [7, 11) is 0. The highest BCUT2D eigenvalue weighted by molar-refractivity contribution is 7.08. The summed E-state index contributed by atoms with van der Waals surface area (Å²) in [4.78, 5) is 4.30. The summed E-state index contributed by atoms with van der Waals surface area (Å²) < 4.78 is 0. The molecule has 0 aliphatic heterocycles. The molecular formula is C20H15N3S. The summed E-state index contributed by atoms with van der Waals surface area (Å²) in [5.74, 6) is 0. The van der Waals surface area contributed by atoms with Gasteiger partial charge in [-0.05, 0) is 46.5 Å². The number of nitrogens with zero attached hydrogens (tertiary/aromatic N) is 3. The Kier molecular flexibility index (Phi) is 4.04. The van der Waals surface area contributed by atoms with Crippen molar-refractivity contribution < 1.29 is 0 Å². The molecule has 0 saturated carbocycles. The van der Waals surface area contributed by atoms with Gasteiger partial charge in [-0.2, -0.15) is 16.4 Å². The van der Waals surface area contributed by atoms with Crippen LogP contribution >= 0.6 is 11.3 Å². The quantitative estimate of drug-likeness (QED) is 0.367. The van der Waals surface area contributed by atoms with Crippen LogP contribution in [-0.2, 0) is 0 Å². The number of pyridine rings is 1. The molecule has 0 saturated heterocycles. The molecule has 0 N–H and O–H groups in total. The van der Waals surface area contributed by atoms with Gasteiger partial charge < -0.3 is 0 Å². The molecule has 0 aliphatic carbocycles. The highest BCUT2D eigenvalue weighted by Crippen LogP contribution is 2.30. The third kappa shape index (κ3) is 3.05. The van der Waals surface area contributed by atoms with Crippen LogP contribution in [0.15, 0.2) is 88.8 Å². The van der Waals surface area contributed by atoms with Crippen LogP contribution in [0.5, 0.6) is 0 Å². The molecule has 0 atom stereocenters. The lowest BCUT2D eigenvalue weighted by Gasteiger charge is -2.18. The number of hydrazone groups is 1. The zero-order chi connectivity index (χ0) is 16.2. The van der Waals surface area contributed by atoms with Gasteiger partial charge >= 0.3 is 0 Å². The maximum Gasteiger partial charge on any atom is 0.0830 e. The van der Waals surface area contributed by atoms with Crippen LogP contribution in [0.3, 0.4) is 0 Å². The first-order valence-electron chi connectivity index (χ1n) is 7.66. The lowest BCUT2D eigenvalue weighted by atomic mass is 10.1. The second-order valence-electron chi connectivity index (χ2n) is 5.32. The van der Waals surface area contributed by atoms with Crippen LogP contribution in [0, 0.1) is 0 Å². The second kappa shape index (κ2) is 6.64. The zero-order valence-electron chi connectivity index (χ0n) is 12.9. The van der Waals surface area contributed by atoms with Crippen molar-refractivity contribution in [3.8, 4) is 0 Å². The van der Waals surface area contributed by atoms with E-state index in [1.54, 1.807) is 23.7 Å². The van der Waals surface area contributed by atoms with Gasteiger partial charge in [-0.25, -0.2) is 5.01 Å². The lowest BCUT2D eigenvalue weighted by molar-refractivity contribution is 1.10. The van der Waals surface area contributed by atoms with Gasteiger partial charge in [0.25, 0.3) is 0 Å². The van der Waals surface area contributed by atoms with Gasteiger partial charge in [0.1, 0.15) is 0 Å². The van der Waals surface area contributed by atoms with E-state index in [1.165, 1.54) is 10.8 Å². The Hall–Kier alpha value is -2.98. The van der Waals surface area contributed by atoms with E-state index in [4.69, 9.17) is 0 Å². The van der Waals surface area contributed by atoms with Crippen LogP contribution in [0.1, 0.15) is 5.69 Å². The molecule has 0 unspecified atom stereocenters. The van der Waals surface area contributed by atoms with Crippen molar-refractivity contribution >= 4 is 39.7 Å². The molecule has 0 radical (unpaired) electrons. The Morgan fingerprint density at radius 3 is 2.54 bits per heavy atom. The molecule has 0 amide bonds. The number of rotatable bonds is 4. The predicted octanol–water partition coefficient (Wildman–Crippen LogP) is 5.47. The number of anilines is 2. The number of fused-ring (bicyclic) bond motifs is 1. The van der Waals surface area contributed by atoms with Gasteiger partial charge in [0.2, 0.25) is 0 Å². The highest BCUT2D eigenvalue weighted by atomic mass is 32.1. The molecule has 4 heteroatoms. The number of thiophene rings is 1. The van der Waals surface area contributed by atoms with Crippen molar-refractivity contribution in [2.24, 2.45) is 5.10 Å². The Balaban J connectivity index is 1.76. The lowest BCUT2D eigenvalue weighted by Crippen LogP contribution is -2.08. The first kappa shape index (κ1) is 14.6. The van der Waals surface area contributed by atoms with Crippen molar-refractivity contribution in [2.45, 2.75) is 0 Å². The second-order valence-corrected chi connectivity index (χ2v) is 6.10. The fraction of sp³-hybridized carbons (Fsp3) is 0. The molecule has 2 aromatic heterocycles. The van der Waals surface area contributed by atoms with Gasteiger partial charge in [0.05, 0.1) is 23.3 Å². The van der Waals surface area contributed by atoms with E-state index >= 15 is 0 Å². The minimum absolute atomic E-state index is 0.832. The van der Waals surface area contributed by atoms with E-state index in [1.807, 2.05) is 23.2 Å². The van der Waals surface area contributed by atoms with E-state index in [0.717, 1.165) is 17.1 Å². The van der Waals surface area contributed by atoms with Crippen LogP contribution in [0.2, 0.25) is 0 Å². The standard InChI is InChI=1S/C20H15N3S/c1-2-6-17-13-19(9-8-16(17)5-1)23(20-10-12-24-15-20)22-14-18-7-3-4-11-21-18/h1-15H/b22-14+. The fourth-order valence-corrected chi connectivity index (χ4v) is 3.15. The largest absolute Gasteiger partial charge is 0.255 e. The number of hydrogen-bond acceptors (Lipinski definition) is 4.